The van der Waals surface area contributed by atoms with Crippen molar-refractivity contribution in [3.8, 4) is 0 Å². The van der Waals surface area contributed by atoms with Gasteiger partial charge >= 0.3 is 0 Å². The van der Waals surface area contributed by atoms with Gasteiger partial charge in [0.1, 0.15) is 0 Å². The van der Waals surface area contributed by atoms with Crippen molar-refractivity contribution in [1.29, 1.82) is 0 Å². The minimum absolute atomic E-state index is 0.288. The molecule has 1 nitrogen and oxygen atoms in total. The second-order valence-electron chi connectivity index (χ2n) is 0.693. The van der Waals surface area contributed by atoms with Gasteiger partial charge in [-0.25, -0.2) is 0 Å². The molecule has 0 atom stereocenters. The zero-order valence-electron chi connectivity index (χ0n) is 6.79. The van der Waals surface area contributed by atoms with Gasteiger partial charge in [0, 0.05) is 83.3 Å². The first kappa shape index (κ1) is 14.1. The topological polar surface area (TPSA) is 9.23 Å². The molecule has 0 saturated carbocycles. The van der Waals surface area contributed by atoms with Crippen LogP contribution in [0.4, 0.5) is 0 Å². The summed E-state index contributed by atoms with van der Waals surface area (Å²) in [5.74, 6) is 0. The van der Waals surface area contributed by atoms with E-state index in [2.05, 4.69) is 26.6 Å². The zero-order valence-corrected chi connectivity index (χ0v) is 13.1. The highest BCUT2D eigenvalue weighted by molar-refractivity contribution is 8.70. The Balaban J connectivity index is 0. The second kappa shape index (κ2) is 18.8. The maximum Gasteiger partial charge on any atom is 0.0503 e. The van der Waals surface area contributed by atoms with E-state index in [0.717, 1.165) is 12.0 Å². The van der Waals surface area contributed by atoms with Crippen LogP contribution in [0.5, 0.6) is 0 Å². The third-order valence-electron chi connectivity index (χ3n) is 0.257. The molecule has 12 heavy (non-hydrogen) atoms. The minimum atomic E-state index is 0.288. The molecule has 0 unspecified atom stereocenters. The molecule has 0 saturated heterocycles. The summed E-state index contributed by atoms with van der Waals surface area (Å²) in [4.78, 5) is 0. The fourth-order valence-electron chi connectivity index (χ4n) is 0.0454. The quantitative estimate of drug-likeness (QED) is 0.658. The first-order chi connectivity index (χ1) is 6.33. The molecule has 10 heteroatoms. The molecule has 0 amide bonds. The Labute approximate surface area is 105 Å². The molecule has 0 aromatic rings. The van der Waals surface area contributed by atoms with E-state index in [1.54, 1.807) is 42.6 Å². The molecule has 0 bridgehead atoms. The molecule has 0 aromatic carbocycles. The van der Waals surface area contributed by atoms with Crippen molar-refractivity contribution in [3.05, 3.63) is 0 Å². The Morgan fingerprint density at radius 2 is 1.58 bits per heavy atom. The van der Waals surface area contributed by atoms with Crippen molar-refractivity contribution in [2.75, 3.05) is 13.3 Å². The van der Waals surface area contributed by atoms with Gasteiger partial charge in [-0.1, -0.05) is 0 Å². The summed E-state index contributed by atoms with van der Waals surface area (Å²) in [6.07, 6.45) is 0.288. The molecule has 0 rings (SSSR count). The highest BCUT2D eigenvalue weighted by Gasteiger charge is 1.52. The summed E-state index contributed by atoms with van der Waals surface area (Å²) in [5.41, 5.74) is 0. The van der Waals surface area contributed by atoms with Crippen LogP contribution in [0.2, 0.25) is 0 Å². The van der Waals surface area contributed by atoms with Gasteiger partial charge in [0.05, 0.1) is 7.11 Å². The van der Waals surface area contributed by atoms with Crippen LogP contribution in [0.1, 0.15) is 1.37 Å². The van der Waals surface area contributed by atoms with Gasteiger partial charge in [-0.3, -0.25) is 0 Å². The van der Waals surface area contributed by atoms with Crippen LogP contribution in [0.25, 0.3) is 0 Å². The highest BCUT2D eigenvalue weighted by Crippen LogP contribution is 1.84. The summed E-state index contributed by atoms with van der Waals surface area (Å²) < 4.78 is 10.9. The summed E-state index contributed by atoms with van der Waals surface area (Å²) in [5, 5.41) is 0. The van der Waals surface area contributed by atoms with E-state index in [4.69, 9.17) is 1.37 Å². The van der Waals surface area contributed by atoms with Crippen LogP contribution in [0.3, 0.4) is 0 Å². The van der Waals surface area contributed by atoms with Crippen molar-refractivity contribution in [2.24, 2.45) is 0 Å². The third kappa shape index (κ3) is 22.7. The minimum Gasteiger partial charge on any atom is -0.319 e. The molecule has 0 aliphatic carbocycles. The molecule has 0 fully saturated rings. The van der Waals surface area contributed by atoms with Crippen molar-refractivity contribution >= 4 is 87.7 Å². The molecule has 0 N–H and O–H groups in total. The lowest BCUT2D eigenvalue weighted by Crippen LogP contribution is -1.53. The zero-order chi connectivity index (χ0) is 10.4. The van der Waals surface area contributed by atoms with Gasteiger partial charge < -0.3 is 4.18 Å². The molecule has 0 heterocycles. The van der Waals surface area contributed by atoms with Crippen LogP contribution >= 0.6 is 12.0 Å². The fourth-order valence-corrected chi connectivity index (χ4v) is 11.0. The van der Waals surface area contributed by atoms with Crippen molar-refractivity contribution in [2.45, 2.75) is 0 Å². The van der Waals surface area contributed by atoms with Gasteiger partial charge in [-0.2, -0.15) is 0 Å². The van der Waals surface area contributed by atoms with E-state index in [1.807, 2.05) is 0 Å². The lowest BCUT2D eigenvalue weighted by molar-refractivity contribution is 0.493. The third-order valence-corrected chi connectivity index (χ3v) is 11.6. The monoisotopic (exact) mass is 335 g/mol. The lowest BCUT2D eigenvalue weighted by Gasteiger charge is -1.74. The molecule has 0 spiro atoms. The van der Waals surface area contributed by atoms with Gasteiger partial charge in [0.15, 0.2) is 0 Å². The summed E-state index contributed by atoms with van der Waals surface area (Å²) >= 11 is 10.3. The van der Waals surface area contributed by atoms with Gasteiger partial charge in [-0.15, -0.1) is 0 Å². The first-order valence-electron chi connectivity index (χ1n) is 2.74. The number of hydrogen-bond donors (Lipinski definition) is 0. The summed E-state index contributed by atoms with van der Waals surface area (Å²) in [6, 6.07) is 0. The van der Waals surface area contributed by atoms with Crippen molar-refractivity contribution in [1.82, 2.24) is 0 Å². The Bertz CT molecular complexity index is 284. The Morgan fingerprint density at radius 1 is 1.08 bits per heavy atom. The average molecular weight is 336 g/mol. The van der Waals surface area contributed by atoms with Gasteiger partial charge in [-0.05, 0) is 12.0 Å². The van der Waals surface area contributed by atoms with E-state index in [1.165, 1.54) is 17.8 Å². The van der Waals surface area contributed by atoms with E-state index in [9.17, 15) is 0 Å². The average Bonchev–Trinajstić information content (AvgIpc) is 2.15. The molecular formula is C2H6OS9. The molecule has 0 radical (unpaired) electrons. The van der Waals surface area contributed by atoms with Crippen LogP contribution in [0, 0.1) is 0 Å². The lowest BCUT2D eigenvalue weighted by atomic mass is 11.8. The smallest absolute Gasteiger partial charge is 0.0503 e. The number of hydrogen-bond acceptors (Lipinski definition) is 4. The second-order valence-corrected chi connectivity index (χ2v) is 11.9. The van der Waals surface area contributed by atoms with Crippen molar-refractivity contribution in [3.63, 3.8) is 0 Å². The maximum atomic E-state index is 6.44. The fraction of sp³-hybridized carbons (Fsp3) is 1.00. The predicted molar refractivity (Wildman–Crippen MR) is 79.4 cm³/mol. The molecular weight excluding hydrogens is 329 g/mol. The Hall–Kier alpha value is 2.07. The molecule has 0 aliphatic rings. The van der Waals surface area contributed by atoms with Crippen LogP contribution in [0.15, 0.2) is 0 Å². The Morgan fingerprint density at radius 3 is 1.75 bits per heavy atom. The van der Waals surface area contributed by atoms with Crippen LogP contribution < -0.4 is 0 Å². The predicted octanol–water partition coefficient (Wildman–Crippen LogP) is 0.892. The highest BCUT2D eigenvalue weighted by atomic mass is 33.4. The summed E-state index contributed by atoms with van der Waals surface area (Å²) in [6.45, 7) is 0. The molecule has 0 aromatic heterocycles. The molecule has 74 valence electrons. The van der Waals surface area contributed by atoms with Crippen LogP contribution in [-0.4, -0.2) is 13.3 Å². The van der Waals surface area contributed by atoms with Gasteiger partial charge in [0.2, 0.25) is 0 Å². The van der Waals surface area contributed by atoms with Gasteiger partial charge in [0.25, 0.3) is 0 Å². The normalized spacial score (nSPS) is 7.92. The maximum absolute atomic E-state index is 6.44. The Kier molecular flexibility index (Phi) is 22.0. The SMILES string of the molecule is S=S=S=S=S=S=S=S.[2H]CSOC. The van der Waals surface area contributed by atoms with E-state index in [0.29, 0.717) is 0 Å². The first-order valence-corrected chi connectivity index (χ1v) is 12.3. The van der Waals surface area contributed by atoms with E-state index in [-0.39, 0.29) is 6.23 Å². The van der Waals surface area contributed by atoms with E-state index < -0.39 is 0 Å². The largest absolute Gasteiger partial charge is 0.319 e. The van der Waals surface area contributed by atoms with E-state index >= 15 is 0 Å². The standard InChI is InChI=1S/C2H6OS.S8/c1-3-4-2;1-3-5-7-8-6-4-2/h1-2H3;/i2D;. The molecule has 0 aliphatic heterocycles. The summed E-state index contributed by atoms with van der Waals surface area (Å²) in [7, 11) is 10.7. The van der Waals surface area contributed by atoms with Crippen molar-refractivity contribution < 1.29 is 5.55 Å². The number of rotatable bonds is 1. The van der Waals surface area contributed by atoms with Crippen LogP contribution in [-0.2, 0) is 79.8 Å².